The van der Waals surface area contributed by atoms with Crippen LogP contribution in [0.2, 0.25) is 0 Å². The molecule has 3 N–H and O–H groups in total. The van der Waals surface area contributed by atoms with Crippen molar-refractivity contribution in [3.8, 4) is 11.3 Å². The number of nitrogen functional groups attached to an aromatic ring is 1. The number of nitrogens with zero attached hydrogens (tertiary/aromatic N) is 4. The number of likely N-dealkylation sites (tertiary alicyclic amines) is 1. The van der Waals surface area contributed by atoms with Crippen molar-refractivity contribution in [3.05, 3.63) is 48.0 Å². The van der Waals surface area contributed by atoms with Crippen LogP contribution < -0.4 is 11.1 Å². The lowest BCUT2D eigenvalue weighted by molar-refractivity contribution is 0.335. The Morgan fingerprint density at radius 3 is 2.75 bits per heavy atom. The average molecular weight is 403 g/mol. The molecule has 0 amide bonds. The van der Waals surface area contributed by atoms with Gasteiger partial charge >= 0.3 is 0 Å². The molecule has 1 fully saturated rings. The van der Waals surface area contributed by atoms with Gasteiger partial charge in [0.1, 0.15) is 17.7 Å². The van der Waals surface area contributed by atoms with Gasteiger partial charge in [-0.3, -0.25) is 0 Å². The van der Waals surface area contributed by atoms with Gasteiger partial charge in [0.05, 0.1) is 11.2 Å². The lowest BCUT2D eigenvalue weighted by atomic mass is 10.1. The van der Waals surface area contributed by atoms with E-state index < -0.39 is 0 Å². The maximum absolute atomic E-state index is 14.1. The Morgan fingerprint density at radius 1 is 1.11 bits per heavy atom. The number of hydrogen-bond donors (Lipinski definition) is 2. The molecule has 148 valence electrons. The quantitative estimate of drug-likeness (QED) is 0.617. The first-order valence-electron chi connectivity index (χ1n) is 9.29. The third-order valence-electron chi connectivity index (χ3n) is 4.90. The molecular formula is C20H24ClFN6. The van der Waals surface area contributed by atoms with Crippen LogP contribution >= 0.6 is 12.4 Å². The Kier molecular flexibility index (Phi) is 6.72. The molecule has 0 bridgehead atoms. The number of halogens is 2. The SMILES string of the molecule is Cl.Nc1ncnc2ccc(-c3cc(F)cc(CNCCN4CCCC4)c3)nc12. The van der Waals surface area contributed by atoms with Gasteiger partial charge in [-0.2, -0.15) is 0 Å². The minimum absolute atomic E-state index is 0. The lowest BCUT2D eigenvalue weighted by Crippen LogP contribution is -2.29. The van der Waals surface area contributed by atoms with Gasteiger partial charge in [-0.05, 0) is 61.8 Å². The number of anilines is 1. The third-order valence-corrected chi connectivity index (χ3v) is 4.90. The minimum atomic E-state index is -0.275. The van der Waals surface area contributed by atoms with Crippen LogP contribution in [-0.2, 0) is 6.54 Å². The normalized spacial score (nSPS) is 14.3. The van der Waals surface area contributed by atoms with Crippen LogP contribution in [0, 0.1) is 5.82 Å². The maximum atomic E-state index is 14.1. The smallest absolute Gasteiger partial charge is 0.153 e. The van der Waals surface area contributed by atoms with Crippen LogP contribution in [-0.4, -0.2) is 46.0 Å². The van der Waals surface area contributed by atoms with E-state index >= 15 is 0 Å². The second kappa shape index (κ2) is 9.23. The van der Waals surface area contributed by atoms with E-state index in [9.17, 15) is 4.39 Å². The molecule has 2 aromatic heterocycles. The van der Waals surface area contributed by atoms with Crippen molar-refractivity contribution in [1.82, 2.24) is 25.2 Å². The highest BCUT2D eigenvalue weighted by Crippen LogP contribution is 2.24. The van der Waals surface area contributed by atoms with E-state index in [1.54, 1.807) is 6.07 Å². The van der Waals surface area contributed by atoms with Crippen molar-refractivity contribution in [2.45, 2.75) is 19.4 Å². The van der Waals surface area contributed by atoms with Crippen LogP contribution in [0.3, 0.4) is 0 Å². The summed E-state index contributed by atoms with van der Waals surface area (Å²) < 4.78 is 14.1. The number of nitrogens with one attached hydrogen (secondary N) is 1. The number of nitrogens with two attached hydrogens (primary N) is 1. The Labute approximate surface area is 169 Å². The van der Waals surface area contributed by atoms with Crippen molar-refractivity contribution >= 4 is 29.3 Å². The summed E-state index contributed by atoms with van der Waals surface area (Å²) in [5.41, 5.74) is 9.37. The number of fused-ring (bicyclic) bond motifs is 1. The molecule has 4 rings (SSSR count). The van der Waals surface area contributed by atoms with E-state index in [-0.39, 0.29) is 18.2 Å². The molecule has 1 aliphatic rings. The summed E-state index contributed by atoms with van der Waals surface area (Å²) in [6.07, 6.45) is 4.00. The van der Waals surface area contributed by atoms with Gasteiger partial charge in [-0.25, -0.2) is 19.3 Å². The van der Waals surface area contributed by atoms with Crippen molar-refractivity contribution in [3.63, 3.8) is 0 Å². The summed E-state index contributed by atoms with van der Waals surface area (Å²) in [6, 6.07) is 8.66. The fraction of sp³-hybridized carbons (Fsp3) is 0.350. The monoisotopic (exact) mass is 402 g/mol. The number of hydrogen-bond acceptors (Lipinski definition) is 6. The molecule has 1 aromatic carbocycles. The fourth-order valence-corrected chi connectivity index (χ4v) is 3.50. The highest BCUT2D eigenvalue weighted by Gasteiger charge is 2.11. The number of benzene rings is 1. The lowest BCUT2D eigenvalue weighted by Gasteiger charge is -2.15. The summed E-state index contributed by atoms with van der Waals surface area (Å²) >= 11 is 0. The average Bonchev–Trinajstić information content (AvgIpc) is 3.18. The molecule has 1 saturated heterocycles. The molecule has 0 radical (unpaired) electrons. The highest BCUT2D eigenvalue weighted by atomic mass is 35.5. The summed E-state index contributed by atoms with van der Waals surface area (Å²) in [4.78, 5) is 15.1. The zero-order valence-electron chi connectivity index (χ0n) is 15.6. The number of pyridine rings is 1. The van der Waals surface area contributed by atoms with Crippen molar-refractivity contribution in [1.29, 1.82) is 0 Å². The molecule has 0 spiro atoms. The van der Waals surface area contributed by atoms with E-state index in [0.717, 1.165) is 24.2 Å². The first kappa shape index (κ1) is 20.4. The number of aromatic nitrogens is 3. The van der Waals surface area contributed by atoms with Gasteiger partial charge in [0.25, 0.3) is 0 Å². The summed E-state index contributed by atoms with van der Waals surface area (Å²) in [6.45, 7) is 4.93. The fourth-order valence-electron chi connectivity index (χ4n) is 3.50. The second-order valence-electron chi connectivity index (χ2n) is 6.90. The second-order valence-corrected chi connectivity index (χ2v) is 6.90. The molecule has 6 nitrogen and oxygen atoms in total. The molecule has 3 aromatic rings. The molecule has 0 aliphatic carbocycles. The van der Waals surface area contributed by atoms with E-state index in [2.05, 4.69) is 25.2 Å². The Hall–Kier alpha value is -2.35. The summed E-state index contributed by atoms with van der Waals surface area (Å²) in [5.74, 6) is 0.0464. The molecule has 28 heavy (non-hydrogen) atoms. The molecule has 3 heterocycles. The van der Waals surface area contributed by atoms with Crippen LogP contribution in [0.4, 0.5) is 10.2 Å². The van der Waals surface area contributed by atoms with Gasteiger partial charge in [-0.15, -0.1) is 12.4 Å². The van der Waals surface area contributed by atoms with Crippen LogP contribution in [0.15, 0.2) is 36.7 Å². The topological polar surface area (TPSA) is 80.0 Å². The van der Waals surface area contributed by atoms with Gasteiger partial charge in [0.15, 0.2) is 5.82 Å². The Morgan fingerprint density at radius 2 is 1.93 bits per heavy atom. The Balaban J connectivity index is 0.00000225. The van der Waals surface area contributed by atoms with Crippen LogP contribution in [0.25, 0.3) is 22.3 Å². The van der Waals surface area contributed by atoms with Crippen molar-refractivity contribution in [2.24, 2.45) is 0 Å². The van der Waals surface area contributed by atoms with Gasteiger partial charge < -0.3 is 16.0 Å². The number of rotatable bonds is 6. The third kappa shape index (κ3) is 4.73. The Bertz CT molecular complexity index is 945. The first-order chi connectivity index (χ1) is 13.2. The summed E-state index contributed by atoms with van der Waals surface area (Å²) in [5, 5.41) is 3.40. The van der Waals surface area contributed by atoms with E-state index in [1.165, 1.54) is 38.3 Å². The molecule has 8 heteroatoms. The van der Waals surface area contributed by atoms with Crippen LogP contribution in [0.1, 0.15) is 18.4 Å². The summed E-state index contributed by atoms with van der Waals surface area (Å²) in [7, 11) is 0. The van der Waals surface area contributed by atoms with Gasteiger partial charge in [0, 0.05) is 25.2 Å². The molecule has 0 unspecified atom stereocenters. The minimum Gasteiger partial charge on any atom is -0.382 e. The van der Waals surface area contributed by atoms with Crippen LogP contribution in [0.5, 0.6) is 0 Å². The zero-order valence-corrected chi connectivity index (χ0v) is 16.4. The van der Waals surface area contributed by atoms with E-state index in [1.807, 2.05) is 18.2 Å². The van der Waals surface area contributed by atoms with Gasteiger partial charge in [0.2, 0.25) is 0 Å². The van der Waals surface area contributed by atoms with Gasteiger partial charge in [-0.1, -0.05) is 0 Å². The maximum Gasteiger partial charge on any atom is 0.153 e. The predicted molar refractivity (Wildman–Crippen MR) is 112 cm³/mol. The van der Waals surface area contributed by atoms with Crippen molar-refractivity contribution in [2.75, 3.05) is 31.9 Å². The van der Waals surface area contributed by atoms with Crippen molar-refractivity contribution < 1.29 is 4.39 Å². The standard InChI is InChI=1S/C20H23FN6.ClH/c21-16-10-14(12-23-5-8-27-6-1-2-7-27)9-15(11-16)17-3-4-18-19(26-17)20(22)25-13-24-18;/h3-4,9-11,13,23H,1-2,5-8,12H2,(H2,22,24,25);1H. The molecular weight excluding hydrogens is 379 g/mol. The van der Waals surface area contributed by atoms with E-state index in [0.29, 0.717) is 29.1 Å². The molecule has 1 aliphatic heterocycles. The molecule has 0 atom stereocenters. The largest absolute Gasteiger partial charge is 0.382 e. The van der Waals surface area contributed by atoms with E-state index in [4.69, 9.17) is 5.73 Å². The predicted octanol–water partition coefficient (Wildman–Crippen LogP) is 3.02. The zero-order chi connectivity index (χ0) is 18.6. The molecule has 0 saturated carbocycles. The first-order valence-corrected chi connectivity index (χ1v) is 9.29. The highest BCUT2D eigenvalue weighted by molar-refractivity contribution is 5.86.